The minimum Gasteiger partial charge on any atom is -0.394 e. The van der Waals surface area contributed by atoms with Gasteiger partial charge in [0.1, 0.15) is 16.4 Å². The molecule has 1 atom stereocenters. The van der Waals surface area contributed by atoms with Crippen molar-refractivity contribution in [3.05, 3.63) is 23.8 Å². The number of halogens is 2. The predicted molar refractivity (Wildman–Crippen MR) is 73.6 cm³/mol. The average molecular weight is 310 g/mol. The monoisotopic (exact) mass is 310 g/mol. The van der Waals surface area contributed by atoms with Crippen molar-refractivity contribution < 1.29 is 17.2 Å². The molecule has 0 heterocycles. The second kappa shape index (κ2) is 6.53. The zero-order valence-corrected chi connectivity index (χ0v) is 12.2. The molecular formula is C11H16F2N2O2S2. The van der Waals surface area contributed by atoms with Crippen LogP contribution < -0.4 is 10.5 Å². The van der Waals surface area contributed by atoms with Crippen LogP contribution in [0, 0.1) is 11.6 Å². The molecule has 0 amide bonds. The van der Waals surface area contributed by atoms with Crippen LogP contribution in [0.3, 0.4) is 0 Å². The number of nitrogens with one attached hydrogen (secondary N) is 1. The van der Waals surface area contributed by atoms with Gasteiger partial charge in [0.2, 0.25) is 10.0 Å². The van der Waals surface area contributed by atoms with E-state index in [9.17, 15) is 17.2 Å². The van der Waals surface area contributed by atoms with Crippen molar-refractivity contribution in [1.29, 1.82) is 0 Å². The van der Waals surface area contributed by atoms with Crippen molar-refractivity contribution in [3.8, 4) is 0 Å². The van der Waals surface area contributed by atoms with Crippen LogP contribution in [-0.2, 0) is 10.0 Å². The van der Waals surface area contributed by atoms with Gasteiger partial charge in [-0.2, -0.15) is 11.8 Å². The van der Waals surface area contributed by atoms with Gasteiger partial charge in [0.25, 0.3) is 0 Å². The number of rotatable bonds is 6. The SMILES string of the molecule is CCSCC(C)NS(=O)(=O)c1ccc(F)c(N)c1F. The second-order valence-electron chi connectivity index (χ2n) is 3.95. The Kier molecular flexibility index (Phi) is 5.57. The standard InChI is InChI=1S/C11H16F2N2O2S2/c1-3-18-6-7(2)15-19(16,17)9-5-4-8(12)11(14)10(9)13/h4-5,7,15H,3,6,14H2,1-2H3. The molecule has 4 nitrogen and oxygen atoms in total. The van der Waals surface area contributed by atoms with Crippen molar-refractivity contribution in [2.75, 3.05) is 17.2 Å². The maximum absolute atomic E-state index is 13.7. The third-order valence-corrected chi connectivity index (χ3v) is 5.06. The number of nitrogen functional groups attached to an aromatic ring is 1. The molecular weight excluding hydrogens is 294 g/mol. The zero-order valence-electron chi connectivity index (χ0n) is 10.6. The predicted octanol–water partition coefficient (Wildman–Crippen LogP) is 1.97. The van der Waals surface area contributed by atoms with Crippen molar-refractivity contribution >= 4 is 27.5 Å². The largest absolute Gasteiger partial charge is 0.394 e. The summed E-state index contributed by atoms with van der Waals surface area (Å²) >= 11 is 1.56. The minimum absolute atomic E-state index is 0.361. The number of sulfonamides is 1. The Balaban J connectivity index is 2.98. The van der Waals surface area contributed by atoms with Gasteiger partial charge in [0.15, 0.2) is 5.82 Å². The van der Waals surface area contributed by atoms with Gasteiger partial charge < -0.3 is 5.73 Å². The van der Waals surface area contributed by atoms with Gasteiger partial charge in [-0.1, -0.05) is 6.92 Å². The normalized spacial score (nSPS) is 13.5. The summed E-state index contributed by atoms with van der Waals surface area (Å²) in [5.41, 5.74) is 4.35. The van der Waals surface area contributed by atoms with E-state index in [0.29, 0.717) is 5.75 Å². The van der Waals surface area contributed by atoms with Gasteiger partial charge in [0.05, 0.1) is 0 Å². The first-order valence-corrected chi connectivity index (χ1v) is 8.27. The third-order valence-electron chi connectivity index (χ3n) is 2.31. The van der Waals surface area contributed by atoms with Crippen LogP contribution in [0.15, 0.2) is 17.0 Å². The summed E-state index contributed by atoms with van der Waals surface area (Å²) in [5, 5.41) is 0. The lowest BCUT2D eigenvalue weighted by Crippen LogP contribution is -2.35. The Morgan fingerprint density at radius 1 is 1.42 bits per heavy atom. The summed E-state index contributed by atoms with van der Waals surface area (Å²) in [5.74, 6) is -0.827. The van der Waals surface area contributed by atoms with Gasteiger partial charge in [-0.25, -0.2) is 21.9 Å². The lowest BCUT2D eigenvalue weighted by molar-refractivity contribution is 0.543. The fourth-order valence-electron chi connectivity index (χ4n) is 1.41. The molecule has 3 N–H and O–H groups in total. The van der Waals surface area contributed by atoms with Crippen molar-refractivity contribution in [2.24, 2.45) is 0 Å². The molecule has 0 aliphatic rings. The number of anilines is 1. The van der Waals surface area contributed by atoms with Crippen molar-refractivity contribution in [1.82, 2.24) is 4.72 Å². The summed E-state index contributed by atoms with van der Waals surface area (Å²) in [6.07, 6.45) is 0. The van der Waals surface area contributed by atoms with Crippen molar-refractivity contribution in [3.63, 3.8) is 0 Å². The Morgan fingerprint density at radius 3 is 2.63 bits per heavy atom. The molecule has 1 aromatic carbocycles. The summed E-state index contributed by atoms with van der Waals surface area (Å²) < 4.78 is 52.9. The summed E-state index contributed by atoms with van der Waals surface area (Å²) in [4.78, 5) is -0.639. The van der Waals surface area contributed by atoms with E-state index >= 15 is 0 Å². The highest BCUT2D eigenvalue weighted by Gasteiger charge is 2.24. The molecule has 0 aliphatic carbocycles. The first-order valence-electron chi connectivity index (χ1n) is 5.63. The van der Waals surface area contributed by atoms with Crippen LogP contribution in [0.4, 0.5) is 14.5 Å². The third kappa shape index (κ3) is 4.05. The summed E-state index contributed by atoms with van der Waals surface area (Å²) in [6, 6.07) is 1.34. The molecule has 1 unspecified atom stereocenters. The van der Waals surface area contributed by atoms with Crippen molar-refractivity contribution in [2.45, 2.75) is 24.8 Å². The van der Waals surface area contributed by atoms with E-state index in [4.69, 9.17) is 5.73 Å². The lowest BCUT2D eigenvalue weighted by atomic mass is 10.3. The Morgan fingerprint density at radius 2 is 2.05 bits per heavy atom. The summed E-state index contributed by atoms with van der Waals surface area (Å²) in [7, 11) is -4.04. The molecule has 0 aliphatic heterocycles. The molecule has 0 radical (unpaired) electrons. The topological polar surface area (TPSA) is 72.2 Å². The number of nitrogens with two attached hydrogens (primary N) is 1. The van der Waals surface area contributed by atoms with Gasteiger partial charge in [-0.15, -0.1) is 0 Å². The lowest BCUT2D eigenvalue weighted by Gasteiger charge is -2.14. The highest BCUT2D eigenvalue weighted by atomic mass is 32.2. The molecule has 0 fully saturated rings. The van der Waals surface area contributed by atoms with E-state index in [1.807, 2.05) is 6.92 Å². The van der Waals surface area contributed by atoms with Crippen LogP contribution in [0.5, 0.6) is 0 Å². The smallest absolute Gasteiger partial charge is 0.243 e. The van der Waals surface area contributed by atoms with Gasteiger partial charge in [-0.3, -0.25) is 0 Å². The maximum Gasteiger partial charge on any atom is 0.243 e. The average Bonchev–Trinajstić information content (AvgIpc) is 2.32. The van der Waals surface area contributed by atoms with E-state index in [1.165, 1.54) is 0 Å². The number of benzene rings is 1. The first-order chi connectivity index (χ1) is 8.79. The quantitative estimate of drug-likeness (QED) is 0.788. The highest BCUT2D eigenvalue weighted by molar-refractivity contribution is 7.99. The van der Waals surface area contributed by atoms with Gasteiger partial charge in [-0.05, 0) is 24.8 Å². The molecule has 0 saturated heterocycles. The second-order valence-corrected chi connectivity index (χ2v) is 6.96. The van der Waals surface area contributed by atoms with Gasteiger partial charge >= 0.3 is 0 Å². The fourth-order valence-corrected chi connectivity index (χ4v) is 3.53. The Labute approximate surface area is 115 Å². The summed E-state index contributed by atoms with van der Waals surface area (Å²) in [6.45, 7) is 3.62. The molecule has 0 bridgehead atoms. The molecule has 1 aromatic rings. The minimum atomic E-state index is -4.04. The van der Waals surface area contributed by atoms with Crippen LogP contribution >= 0.6 is 11.8 Å². The van der Waals surface area contributed by atoms with E-state index in [-0.39, 0.29) is 6.04 Å². The Hall–Kier alpha value is -0.860. The molecule has 19 heavy (non-hydrogen) atoms. The zero-order chi connectivity index (χ0) is 14.6. The maximum atomic E-state index is 13.7. The van der Waals surface area contributed by atoms with Crippen LogP contribution in [0.2, 0.25) is 0 Å². The van der Waals surface area contributed by atoms with Crippen LogP contribution in [0.1, 0.15) is 13.8 Å². The van der Waals surface area contributed by atoms with E-state index < -0.39 is 32.2 Å². The van der Waals surface area contributed by atoms with E-state index in [1.54, 1.807) is 18.7 Å². The van der Waals surface area contributed by atoms with E-state index in [2.05, 4.69) is 4.72 Å². The number of thioether (sulfide) groups is 1. The first kappa shape index (κ1) is 16.2. The van der Waals surface area contributed by atoms with Gasteiger partial charge in [0, 0.05) is 11.8 Å². The molecule has 8 heteroatoms. The molecule has 108 valence electrons. The highest BCUT2D eigenvalue weighted by Crippen LogP contribution is 2.22. The van der Waals surface area contributed by atoms with E-state index in [0.717, 1.165) is 17.9 Å². The Bertz CT molecular complexity index is 550. The number of hydrogen-bond donors (Lipinski definition) is 2. The molecule has 0 spiro atoms. The molecule has 1 rings (SSSR count). The van der Waals surface area contributed by atoms with Crippen LogP contribution in [0.25, 0.3) is 0 Å². The fraction of sp³-hybridized carbons (Fsp3) is 0.455. The molecule has 0 aromatic heterocycles. The number of hydrogen-bond acceptors (Lipinski definition) is 4. The van der Waals surface area contributed by atoms with Crippen LogP contribution in [-0.4, -0.2) is 26.0 Å². The molecule has 0 saturated carbocycles.